The van der Waals surface area contributed by atoms with E-state index in [4.69, 9.17) is 0 Å². The van der Waals surface area contributed by atoms with Crippen LogP contribution in [0, 0.1) is 5.82 Å². The highest BCUT2D eigenvalue weighted by Crippen LogP contribution is 2.20. The summed E-state index contributed by atoms with van der Waals surface area (Å²) in [6.07, 6.45) is 2.03. The predicted molar refractivity (Wildman–Crippen MR) is 76.7 cm³/mol. The second kappa shape index (κ2) is 6.48. The van der Waals surface area contributed by atoms with Gasteiger partial charge in [0.2, 0.25) is 0 Å². The normalized spacial score (nSPS) is 19.2. The topological polar surface area (TPSA) is 32.3 Å². The number of nitrogens with one attached hydrogen (secondary N) is 1. The molecule has 0 spiro atoms. The Kier molecular flexibility index (Phi) is 4.93. The van der Waals surface area contributed by atoms with Crippen LogP contribution >= 0.6 is 15.9 Å². The van der Waals surface area contributed by atoms with Crippen molar-refractivity contribution in [2.24, 2.45) is 0 Å². The average molecular weight is 329 g/mol. The van der Waals surface area contributed by atoms with Gasteiger partial charge in [0.15, 0.2) is 0 Å². The average Bonchev–Trinajstić information content (AvgIpc) is 2.43. The molecule has 1 amide bonds. The van der Waals surface area contributed by atoms with Crippen LogP contribution in [0.15, 0.2) is 22.7 Å². The van der Waals surface area contributed by atoms with E-state index in [2.05, 4.69) is 21.2 Å². The number of halogens is 2. The Balaban J connectivity index is 2.22. The van der Waals surface area contributed by atoms with E-state index < -0.39 is 5.82 Å². The van der Waals surface area contributed by atoms with E-state index in [1.165, 1.54) is 6.07 Å². The predicted octanol–water partition coefficient (Wildman–Crippen LogP) is 2.80. The molecule has 1 unspecified atom stereocenters. The maximum atomic E-state index is 13.8. The van der Waals surface area contributed by atoms with Crippen LogP contribution in [0.2, 0.25) is 0 Å². The molecule has 1 aliphatic heterocycles. The summed E-state index contributed by atoms with van der Waals surface area (Å²) in [5.41, 5.74) is 0.141. The van der Waals surface area contributed by atoms with Gasteiger partial charge in [0.1, 0.15) is 5.82 Å². The van der Waals surface area contributed by atoms with E-state index in [9.17, 15) is 9.18 Å². The summed E-state index contributed by atoms with van der Waals surface area (Å²) in [5, 5.41) is 3.29. The third kappa shape index (κ3) is 3.34. The molecule has 0 saturated carbocycles. The van der Waals surface area contributed by atoms with Gasteiger partial charge in [-0.15, -0.1) is 0 Å². The summed E-state index contributed by atoms with van der Waals surface area (Å²) in [4.78, 5) is 14.2. The number of hydrogen-bond acceptors (Lipinski definition) is 2. The van der Waals surface area contributed by atoms with Crippen LogP contribution in [0.1, 0.15) is 30.1 Å². The highest BCUT2D eigenvalue weighted by molar-refractivity contribution is 9.10. The number of likely N-dealkylation sites (N-methyl/N-ethyl adjacent to an activating group) is 1. The fourth-order valence-corrected chi connectivity index (χ4v) is 2.84. The van der Waals surface area contributed by atoms with Gasteiger partial charge in [-0.05, 0) is 44.5 Å². The lowest BCUT2D eigenvalue weighted by atomic mass is 10.0. The summed E-state index contributed by atoms with van der Waals surface area (Å²) >= 11 is 3.28. The Morgan fingerprint density at radius 1 is 1.58 bits per heavy atom. The maximum absolute atomic E-state index is 13.8. The van der Waals surface area contributed by atoms with E-state index in [-0.39, 0.29) is 17.5 Å². The van der Waals surface area contributed by atoms with Crippen molar-refractivity contribution in [1.29, 1.82) is 0 Å². The molecule has 104 valence electrons. The van der Waals surface area contributed by atoms with Gasteiger partial charge in [-0.25, -0.2) is 4.39 Å². The lowest BCUT2D eigenvalue weighted by Gasteiger charge is -2.34. The Hall–Kier alpha value is -0.940. The minimum absolute atomic E-state index is 0.141. The summed E-state index contributed by atoms with van der Waals surface area (Å²) in [6, 6.07) is 4.63. The van der Waals surface area contributed by atoms with Crippen LogP contribution in [0.5, 0.6) is 0 Å². The molecule has 0 aliphatic carbocycles. The minimum Gasteiger partial charge on any atom is -0.335 e. The highest BCUT2D eigenvalue weighted by atomic mass is 79.9. The zero-order chi connectivity index (χ0) is 13.8. The molecule has 1 fully saturated rings. The summed E-state index contributed by atoms with van der Waals surface area (Å²) < 4.78 is 14.5. The molecule has 5 heteroatoms. The fourth-order valence-electron chi connectivity index (χ4n) is 2.48. The van der Waals surface area contributed by atoms with Crippen molar-refractivity contribution < 1.29 is 9.18 Å². The van der Waals surface area contributed by atoms with E-state index >= 15 is 0 Å². The highest BCUT2D eigenvalue weighted by Gasteiger charge is 2.26. The van der Waals surface area contributed by atoms with Gasteiger partial charge in [-0.2, -0.15) is 0 Å². The first-order valence-electron chi connectivity index (χ1n) is 6.60. The molecule has 1 aromatic carbocycles. The van der Waals surface area contributed by atoms with Gasteiger partial charge >= 0.3 is 0 Å². The first-order chi connectivity index (χ1) is 9.13. The van der Waals surface area contributed by atoms with Crippen molar-refractivity contribution in [2.75, 3.05) is 19.6 Å². The molecule has 1 aliphatic rings. The molecule has 1 heterocycles. The lowest BCUT2D eigenvalue weighted by Crippen LogP contribution is -2.48. The lowest BCUT2D eigenvalue weighted by molar-refractivity contribution is 0.0657. The molecular formula is C14H18BrFN2O. The first-order valence-corrected chi connectivity index (χ1v) is 7.39. The molecule has 0 bridgehead atoms. The SMILES string of the molecule is CCN(C(=O)c1cc(Br)ccc1F)C1CCCNC1. The third-order valence-corrected chi connectivity index (χ3v) is 3.97. The van der Waals surface area contributed by atoms with Gasteiger partial charge in [-0.3, -0.25) is 4.79 Å². The third-order valence-electron chi connectivity index (χ3n) is 3.47. The summed E-state index contributed by atoms with van der Waals surface area (Å²) in [5.74, 6) is -0.689. The van der Waals surface area contributed by atoms with E-state index in [0.717, 1.165) is 30.4 Å². The number of carbonyl (C=O) groups is 1. The van der Waals surface area contributed by atoms with Gasteiger partial charge in [0.05, 0.1) is 5.56 Å². The van der Waals surface area contributed by atoms with Crippen LogP contribution in [0.4, 0.5) is 4.39 Å². The molecular weight excluding hydrogens is 311 g/mol. The van der Waals surface area contributed by atoms with Gasteiger partial charge in [0.25, 0.3) is 5.91 Å². The quantitative estimate of drug-likeness (QED) is 0.925. The number of benzene rings is 1. The smallest absolute Gasteiger partial charge is 0.257 e. The standard InChI is InChI=1S/C14H18BrFN2O/c1-2-18(11-4-3-7-17-9-11)14(19)12-8-10(15)5-6-13(12)16/h5-6,8,11,17H,2-4,7,9H2,1H3. The van der Waals surface area contributed by atoms with Crippen LogP contribution in [0.25, 0.3) is 0 Å². The van der Waals surface area contributed by atoms with Crippen molar-refractivity contribution in [1.82, 2.24) is 10.2 Å². The molecule has 2 rings (SSSR count). The Bertz CT molecular complexity index is 461. The largest absolute Gasteiger partial charge is 0.335 e. The zero-order valence-electron chi connectivity index (χ0n) is 11.0. The molecule has 0 aromatic heterocycles. The molecule has 19 heavy (non-hydrogen) atoms. The molecule has 1 aromatic rings. The maximum Gasteiger partial charge on any atom is 0.257 e. The first kappa shape index (κ1) is 14.5. The van der Waals surface area contributed by atoms with Crippen LogP contribution in [-0.2, 0) is 0 Å². The number of piperidine rings is 1. The van der Waals surface area contributed by atoms with Crippen molar-refractivity contribution in [3.05, 3.63) is 34.1 Å². The Morgan fingerprint density at radius 2 is 2.37 bits per heavy atom. The van der Waals surface area contributed by atoms with Gasteiger partial charge in [-0.1, -0.05) is 15.9 Å². The molecule has 0 radical (unpaired) electrons. The van der Waals surface area contributed by atoms with E-state index in [1.54, 1.807) is 17.0 Å². The molecule has 1 saturated heterocycles. The van der Waals surface area contributed by atoms with Crippen LogP contribution in [0.3, 0.4) is 0 Å². The van der Waals surface area contributed by atoms with Crippen molar-refractivity contribution >= 4 is 21.8 Å². The second-order valence-electron chi connectivity index (χ2n) is 4.72. The Labute approximate surface area is 121 Å². The van der Waals surface area contributed by atoms with Crippen LogP contribution in [-0.4, -0.2) is 36.5 Å². The van der Waals surface area contributed by atoms with Crippen LogP contribution < -0.4 is 5.32 Å². The number of amides is 1. The Morgan fingerprint density at radius 3 is 3.00 bits per heavy atom. The van der Waals surface area contributed by atoms with Crippen molar-refractivity contribution in [2.45, 2.75) is 25.8 Å². The second-order valence-corrected chi connectivity index (χ2v) is 5.63. The summed E-state index contributed by atoms with van der Waals surface area (Å²) in [6.45, 7) is 4.31. The number of hydrogen-bond donors (Lipinski definition) is 1. The number of carbonyl (C=O) groups excluding carboxylic acids is 1. The van der Waals surface area contributed by atoms with Gasteiger partial charge < -0.3 is 10.2 Å². The molecule has 1 atom stereocenters. The van der Waals surface area contributed by atoms with Gasteiger partial charge in [0, 0.05) is 23.6 Å². The minimum atomic E-state index is -0.463. The van der Waals surface area contributed by atoms with Crippen molar-refractivity contribution in [3.8, 4) is 0 Å². The van der Waals surface area contributed by atoms with E-state index in [1.807, 2.05) is 6.92 Å². The van der Waals surface area contributed by atoms with E-state index in [0.29, 0.717) is 6.54 Å². The molecule has 3 nitrogen and oxygen atoms in total. The summed E-state index contributed by atoms with van der Waals surface area (Å²) in [7, 11) is 0. The molecule has 1 N–H and O–H groups in total. The monoisotopic (exact) mass is 328 g/mol. The zero-order valence-corrected chi connectivity index (χ0v) is 12.5. The van der Waals surface area contributed by atoms with Crippen molar-refractivity contribution in [3.63, 3.8) is 0 Å². The number of nitrogens with zero attached hydrogens (tertiary/aromatic N) is 1. The number of rotatable bonds is 3. The fraction of sp³-hybridized carbons (Fsp3) is 0.500.